The molecule has 1 atom stereocenters. The molecule has 0 aliphatic heterocycles. The Bertz CT molecular complexity index is 493. The lowest BCUT2D eigenvalue weighted by Crippen LogP contribution is -2.16. The number of ether oxygens (including phenoxy) is 2. The Labute approximate surface area is 130 Å². The molecule has 0 fully saturated rings. The van der Waals surface area contributed by atoms with E-state index in [1.807, 2.05) is 30.3 Å². The summed E-state index contributed by atoms with van der Waals surface area (Å²) in [6.07, 6.45) is 0.561. The van der Waals surface area contributed by atoms with Gasteiger partial charge in [-0.25, -0.2) is 9.59 Å². The van der Waals surface area contributed by atoms with Crippen molar-refractivity contribution in [1.29, 1.82) is 0 Å². The molecule has 0 amide bonds. The van der Waals surface area contributed by atoms with Crippen LogP contribution in [0.1, 0.15) is 25.8 Å². The van der Waals surface area contributed by atoms with E-state index in [1.165, 1.54) is 6.92 Å². The molecule has 120 valence electrons. The fraction of sp³-hybridized carbons (Fsp3) is 0.294. The number of aliphatic hydroxyl groups excluding tert-OH is 1. The second-order valence-electron chi connectivity index (χ2n) is 4.35. The van der Waals surface area contributed by atoms with E-state index in [0.29, 0.717) is 18.6 Å². The lowest BCUT2D eigenvalue weighted by atomic mass is 10.2. The summed E-state index contributed by atoms with van der Waals surface area (Å²) in [5, 5.41) is 8.79. The maximum atomic E-state index is 10.6. The van der Waals surface area contributed by atoms with Gasteiger partial charge in [0, 0.05) is 18.1 Å². The molecular weight excluding hydrogens is 284 g/mol. The zero-order valence-corrected chi connectivity index (χ0v) is 13.0. The first kappa shape index (κ1) is 19.6. The van der Waals surface area contributed by atoms with Crippen LogP contribution in [0, 0.1) is 0 Å². The second kappa shape index (κ2) is 11.3. The summed E-state index contributed by atoms with van der Waals surface area (Å²) in [5.41, 5.74) is 1.28. The SMILES string of the molecule is C=C(C)C(=O)OC(O)CC.C=CC(=O)OCc1ccccc1. The molecule has 0 radical (unpaired) electrons. The third-order valence-corrected chi connectivity index (χ3v) is 2.33. The van der Waals surface area contributed by atoms with Crippen molar-refractivity contribution < 1.29 is 24.2 Å². The Morgan fingerprint density at radius 3 is 2.36 bits per heavy atom. The first-order chi connectivity index (χ1) is 10.4. The lowest BCUT2D eigenvalue weighted by molar-refractivity contribution is -0.163. The molecule has 0 heterocycles. The first-order valence-electron chi connectivity index (χ1n) is 6.78. The van der Waals surface area contributed by atoms with E-state index in [4.69, 9.17) is 9.84 Å². The molecule has 0 spiro atoms. The van der Waals surface area contributed by atoms with Gasteiger partial charge in [-0.05, 0) is 12.5 Å². The van der Waals surface area contributed by atoms with Crippen LogP contribution in [0.15, 0.2) is 55.1 Å². The quantitative estimate of drug-likeness (QED) is 0.497. The highest BCUT2D eigenvalue weighted by Gasteiger charge is 2.08. The van der Waals surface area contributed by atoms with Crippen molar-refractivity contribution in [2.24, 2.45) is 0 Å². The average Bonchev–Trinajstić information content (AvgIpc) is 2.53. The van der Waals surface area contributed by atoms with Gasteiger partial charge in [0.05, 0.1) is 0 Å². The maximum Gasteiger partial charge on any atom is 0.335 e. The Kier molecular flexibility index (Phi) is 10.0. The number of hydrogen-bond acceptors (Lipinski definition) is 5. The van der Waals surface area contributed by atoms with E-state index < -0.39 is 12.3 Å². The van der Waals surface area contributed by atoms with Gasteiger partial charge in [0.2, 0.25) is 6.29 Å². The molecule has 0 aliphatic carbocycles. The van der Waals surface area contributed by atoms with Crippen molar-refractivity contribution in [1.82, 2.24) is 0 Å². The van der Waals surface area contributed by atoms with Gasteiger partial charge in [-0.3, -0.25) is 0 Å². The molecule has 1 aromatic carbocycles. The number of benzene rings is 1. The van der Waals surface area contributed by atoms with Gasteiger partial charge < -0.3 is 14.6 Å². The number of rotatable bonds is 6. The van der Waals surface area contributed by atoms with E-state index in [0.717, 1.165) is 11.6 Å². The van der Waals surface area contributed by atoms with E-state index in [-0.39, 0.29) is 5.97 Å². The molecule has 0 aliphatic rings. The fourth-order valence-corrected chi connectivity index (χ4v) is 1.10. The molecule has 5 nitrogen and oxygen atoms in total. The van der Waals surface area contributed by atoms with E-state index in [1.54, 1.807) is 6.92 Å². The molecule has 1 unspecified atom stereocenters. The predicted molar refractivity (Wildman–Crippen MR) is 83.6 cm³/mol. The summed E-state index contributed by atoms with van der Waals surface area (Å²) in [5.74, 6) is -0.937. The summed E-state index contributed by atoms with van der Waals surface area (Å²) in [6, 6.07) is 9.51. The van der Waals surface area contributed by atoms with Crippen LogP contribution in [0.2, 0.25) is 0 Å². The highest BCUT2D eigenvalue weighted by molar-refractivity contribution is 5.86. The summed E-state index contributed by atoms with van der Waals surface area (Å²) in [6.45, 7) is 10.2. The zero-order valence-electron chi connectivity index (χ0n) is 13.0. The van der Waals surface area contributed by atoms with Crippen LogP contribution in [0.4, 0.5) is 0 Å². The van der Waals surface area contributed by atoms with Gasteiger partial charge in [0.25, 0.3) is 0 Å². The van der Waals surface area contributed by atoms with Crippen LogP contribution in [-0.2, 0) is 25.7 Å². The minimum absolute atomic E-state index is 0.299. The van der Waals surface area contributed by atoms with Crippen molar-refractivity contribution in [2.45, 2.75) is 33.2 Å². The highest BCUT2D eigenvalue weighted by atomic mass is 16.6. The second-order valence-corrected chi connectivity index (χ2v) is 4.35. The van der Waals surface area contributed by atoms with E-state index in [2.05, 4.69) is 17.9 Å². The van der Waals surface area contributed by atoms with Crippen LogP contribution in [-0.4, -0.2) is 23.3 Å². The molecule has 0 saturated heterocycles. The number of carbonyl (C=O) groups is 2. The minimum Gasteiger partial charge on any atom is -0.458 e. The Morgan fingerprint density at radius 1 is 1.32 bits per heavy atom. The van der Waals surface area contributed by atoms with Gasteiger partial charge in [-0.1, -0.05) is 50.4 Å². The number of carbonyl (C=O) groups excluding carboxylic acids is 2. The van der Waals surface area contributed by atoms with Crippen molar-refractivity contribution in [3.8, 4) is 0 Å². The Hall–Kier alpha value is -2.40. The summed E-state index contributed by atoms with van der Waals surface area (Å²) < 4.78 is 9.30. The maximum absolute atomic E-state index is 10.6. The minimum atomic E-state index is -0.996. The van der Waals surface area contributed by atoms with Crippen molar-refractivity contribution in [2.75, 3.05) is 0 Å². The third kappa shape index (κ3) is 9.50. The highest BCUT2D eigenvalue weighted by Crippen LogP contribution is 2.00. The lowest BCUT2D eigenvalue weighted by Gasteiger charge is -2.08. The molecule has 1 rings (SSSR count). The molecule has 22 heavy (non-hydrogen) atoms. The van der Waals surface area contributed by atoms with E-state index >= 15 is 0 Å². The zero-order chi connectivity index (χ0) is 17.0. The molecule has 5 heteroatoms. The van der Waals surface area contributed by atoms with Gasteiger partial charge >= 0.3 is 11.9 Å². The average molecular weight is 306 g/mol. The first-order valence-corrected chi connectivity index (χ1v) is 6.78. The molecule has 0 aromatic heterocycles. The van der Waals surface area contributed by atoms with Gasteiger partial charge in [0.15, 0.2) is 0 Å². The van der Waals surface area contributed by atoms with Crippen molar-refractivity contribution in [3.63, 3.8) is 0 Å². The van der Waals surface area contributed by atoms with Crippen molar-refractivity contribution >= 4 is 11.9 Å². The third-order valence-electron chi connectivity index (χ3n) is 2.33. The fourth-order valence-electron chi connectivity index (χ4n) is 1.10. The summed E-state index contributed by atoms with van der Waals surface area (Å²) in [7, 11) is 0. The van der Waals surface area contributed by atoms with Crippen LogP contribution in [0.25, 0.3) is 0 Å². The standard InChI is InChI=1S/C10H10O2.C7H12O3/c1-2-10(11)12-8-9-6-4-3-5-7-9;1-4-6(8)10-7(9)5(2)3/h2-7H,1,8H2;6,8H,2,4H2,1,3H3. The van der Waals surface area contributed by atoms with E-state index in [9.17, 15) is 9.59 Å². The topological polar surface area (TPSA) is 72.8 Å². The summed E-state index contributed by atoms with van der Waals surface area (Å²) >= 11 is 0. The van der Waals surface area contributed by atoms with Gasteiger partial charge in [0.1, 0.15) is 6.61 Å². The summed E-state index contributed by atoms with van der Waals surface area (Å²) in [4.78, 5) is 21.3. The molecular formula is C17H22O5. The molecule has 1 aromatic rings. The van der Waals surface area contributed by atoms with Crippen LogP contribution in [0.3, 0.4) is 0 Å². The number of hydrogen-bond donors (Lipinski definition) is 1. The normalized spacial score (nSPS) is 10.5. The number of aliphatic hydroxyl groups is 1. The van der Waals surface area contributed by atoms with Crippen LogP contribution >= 0.6 is 0 Å². The molecule has 0 bridgehead atoms. The molecule has 0 saturated carbocycles. The van der Waals surface area contributed by atoms with Crippen molar-refractivity contribution in [3.05, 3.63) is 60.7 Å². The van der Waals surface area contributed by atoms with Crippen LogP contribution < -0.4 is 0 Å². The predicted octanol–water partition coefficient (Wildman–Crippen LogP) is 2.75. The Balaban J connectivity index is 0.000000409. The largest absolute Gasteiger partial charge is 0.458 e. The monoisotopic (exact) mass is 306 g/mol. The van der Waals surface area contributed by atoms with Crippen LogP contribution in [0.5, 0.6) is 0 Å². The number of esters is 2. The molecule has 1 N–H and O–H groups in total. The van der Waals surface area contributed by atoms with Gasteiger partial charge in [-0.15, -0.1) is 0 Å². The Morgan fingerprint density at radius 2 is 1.91 bits per heavy atom. The smallest absolute Gasteiger partial charge is 0.335 e. The van der Waals surface area contributed by atoms with Gasteiger partial charge in [-0.2, -0.15) is 0 Å².